The lowest BCUT2D eigenvalue weighted by molar-refractivity contribution is 0.127. The van der Waals surface area contributed by atoms with Crippen LogP contribution < -0.4 is 10.6 Å². The van der Waals surface area contributed by atoms with Crippen LogP contribution in [0, 0.1) is 12.3 Å². The highest BCUT2D eigenvalue weighted by atomic mass is 127. The Morgan fingerprint density at radius 1 is 1.35 bits per heavy atom. The zero-order valence-electron chi connectivity index (χ0n) is 17.1. The number of fused-ring (bicyclic) bond motifs is 1. The van der Waals surface area contributed by atoms with E-state index in [1.165, 1.54) is 0 Å². The number of nitrogens with two attached hydrogens (primary N) is 1. The number of hydrogen-bond donors (Lipinski definition) is 3. The third kappa shape index (κ3) is 3.60. The van der Waals surface area contributed by atoms with Gasteiger partial charge in [-0.25, -0.2) is 9.97 Å². The molecular weight excluding hydrogens is 531 g/mol. The zero-order chi connectivity index (χ0) is 21.8. The van der Waals surface area contributed by atoms with Crippen molar-refractivity contribution < 1.29 is 9.84 Å². The summed E-state index contributed by atoms with van der Waals surface area (Å²) in [4.78, 5) is 11.8. The van der Waals surface area contributed by atoms with E-state index in [1.54, 1.807) is 6.20 Å². The molecule has 1 spiro atoms. The Morgan fingerprint density at radius 2 is 2.13 bits per heavy atom. The maximum atomic E-state index is 10.1. The minimum Gasteiger partial charge on any atom is -0.390 e. The summed E-state index contributed by atoms with van der Waals surface area (Å²) < 4.78 is 5.88. The number of piperidine rings is 1. The topological polar surface area (TPSA) is 113 Å². The van der Waals surface area contributed by atoms with Crippen molar-refractivity contribution in [3.63, 3.8) is 0 Å². The van der Waals surface area contributed by atoms with Gasteiger partial charge in [-0.15, -0.1) is 0 Å². The third-order valence-electron chi connectivity index (χ3n) is 6.63. The number of aryl methyl sites for hydroxylation is 1. The molecule has 0 saturated carbocycles. The van der Waals surface area contributed by atoms with Crippen molar-refractivity contribution in [1.29, 1.82) is 0 Å². The molecule has 4 N–H and O–H groups in total. The maximum absolute atomic E-state index is 10.1. The van der Waals surface area contributed by atoms with E-state index in [9.17, 15) is 5.11 Å². The van der Waals surface area contributed by atoms with E-state index in [-0.39, 0.29) is 22.2 Å². The number of aromatic amines is 1. The molecule has 5 rings (SSSR count). The van der Waals surface area contributed by atoms with Gasteiger partial charge in [-0.3, -0.25) is 5.10 Å². The van der Waals surface area contributed by atoms with Gasteiger partial charge in [-0.05, 0) is 54.5 Å². The second-order valence-electron chi connectivity index (χ2n) is 8.41. The van der Waals surface area contributed by atoms with Gasteiger partial charge < -0.3 is 20.5 Å². The average Bonchev–Trinajstić information content (AvgIpc) is 3.33. The first-order valence-electron chi connectivity index (χ1n) is 10.3. The fraction of sp³-hybridized carbons (Fsp3) is 0.476. The summed E-state index contributed by atoms with van der Waals surface area (Å²) in [6, 6.07) is 3.83. The number of ether oxygens (including phenoxy) is 1. The number of H-pyrrole nitrogens is 1. The molecule has 2 fully saturated rings. The Kier molecular flexibility index (Phi) is 5.58. The van der Waals surface area contributed by atoms with Gasteiger partial charge in [-0.1, -0.05) is 11.6 Å². The van der Waals surface area contributed by atoms with Gasteiger partial charge >= 0.3 is 0 Å². The number of halogens is 2. The minimum absolute atomic E-state index is 0.0250. The van der Waals surface area contributed by atoms with Crippen LogP contribution in [0.25, 0.3) is 22.2 Å². The summed E-state index contributed by atoms with van der Waals surface area (Å²) in [6.07, 6.45) is 3.60. The summed E-state index contributed by atoms with van der Waals surface area (Å²) in [5, 5.41) is 18.6. The normalized spacial score (nSPS) is 23.2. The second-order valence-corrected chi connectivity index (χ2v) is 10.0. The highest BCUT2D eigenvalue weighted by Crippen LogP contribution is 2.44. The first-order valence-corrected chi connectivity index (χ1v) is 11.9. The molecule has 2 saturated heterocycles. The molecule has 0 amide bonds. The molecule has 31 heavy (non-hydrogen) atoms. The van der Waals surface area contributed by atoms with Gasteiger partial charge in [0.15, 0.2) is 5.82 Å². The second kappa shape index (κ2) is 8.11. The molecule has 1 aromatic carbocycles. The minimum atomic E-state index is -0.195. The monoisotopic (exact) mass is 554 g/mol. The SMILES string of the molecule is Cc1nc(N2CCC3(CC2)CO[C@@H](I)[C@H]3N)c(CO)nc1-c1cc2[nH]ncc2cc1Cl. The van der Waals surface area contributed by atoms with E-state index >= 15 is 0 Å². The summed E-state index contributed by atoms with van der Waals surface area (Å²) in [5.41, 5.74) is 10.1. The molecule has 164 valence electrons. The Labute approximate surface area is 198 Å². The number of anilines is 1. The number of nitrogens with zero attached hydrogens (tertiary/aromatic N) is 4. The third-order valence-corrected chi connectivity index (χ3v) is 8.08. The van der Waals surface area contributed by atoms with Gasteiger partial charge in [-0.2, -0.15) is 5.10 Å². The molecule has 0 unspecified atom stereocenters. The van der Waals surface area contributed by atoms with E-state index in [0.29, 0.717) is 23.0 Å². The summed E-state index contributed by atoms with van der Waals surface area (Å²) in [6.45, 7) is 4.05. The van der Waals surface area contributed by atoms with E-state index in [1.807, 2.05) is 19.1 Å². The molecule has 0 radical (unpaired) electrons. The lowest BCUT2D eigenvalue weighted by atomic mass is 9.75. The number of aromatic nitrogens is 4. The number of benzene rings is 1. The fourth-order valence-corrected chi connectivity index (χ4v) is 5.87. The summed E-state index contributed by atoms with van der Waals surface area (Å²) >= 11 is 8.82. The van der Waals surface area contributed by atoms with Crippen LogP contribution in [0.15, 0.2) is 18.3 Å². The van der Waals surface area contributed by atoms with Crippen LogP contribution in [-0.2, 0) is 11.3 Å². The van der Waals surface area contributed by atoms with Crippen molar-refractivity contribution in [1.82, 2.24) is 20.2 Å². The van der Waals surface area contributed by atoms with E-state index in [4.69, 9.17) is 32.0 Å². The molecule has 10 heteroatoms. The van der Waals surface area contributed by atoms with Crippen molar-refractivity contribution >= 4 is 50.9 Å². The van der Waals surface area contributed by atoms with Gasteiger partial charge in [0.1, 0.15) is 9.80 Å². The Morgan fingerprint density at radius 3 is 2.81 bits per heavy atom. The maximum Gasteiger partial charge on any atom is 0.153 e. The van der Waals surface area contributed by atoms with Crippen LogP contribution in [0.1, 0.15) is 24.2 Å². The van der Waals surface area contributed by atoms with Crippen LogP contribution >= 0.6 is 34.2 Å². The highest BCUT2D eigenvalue weighted by molar-refractivity contribution is 14.1. The quantitative estimate of drug-likeness (QED) is 0.337. The van der Waals surface area contributed by atoms with Crippen LogP contribution in [0.2, 0.25) is 5.02 Å². The number of alkyl halides is 1. The molecule has 0 bridgehead atoms. The number of rotatable bonds is 3. The van der Waals surface area contributed by atoms with Crippen molar-refractivity contribution in [2.45, 2.75) is 36.5 Å². The molecule has 2 atom stereocenters. The molecule has 2 aromatic heterocycles. The van der Waals surface area contributed by atoms with Gasteiger partial charge in [0.05, 0.1) is 41.3 Å². The average molecular weight is 555 g/mol. The predicted octanol–water partition coefficient (Wildman–Crippen LogP) is 3.18. The van der Waals surface area contributed by atoms with E-state index in [0.717, 1.165) is 53.9 Å². The molecule has 2 aliphatic rings. The van der Waals surface area contributed by atoms with Gasteiger partial charge in [0, 0.05) is 35.5 Å². The van der Waals surface area contributed by atoms with Gasteiger partial charge in [0.2, 0.25) is 0 Å². The molecule has 4 heterocycles. The predicted molar refractivity (Wildman–Crippen MR) is 128 cm³/mol. The van der Waals surface area contributed by atoms with Gasteiger partial charge in [0.25, 0.3) is 0 Å². The van der Waals surface area contributed by atoms with E-state index in [2.05, 4.69) is 37.7 Å². The number of aliphatic hydroxyl groups is 1. The van der Waals surface area contributed by atoms with Crippen molar-refractivity contribution in [2.75, 3.05) is 24.6 Å². The molecule has 8 nitrogen and oxygen atoms in total. The first-order chi connectivity index (χ1) is 14.9. The number of aliphatic hydroxyl groups excluding tert-OH is 1. The first kappa shape index (κ1) is 21.3. The molecule has 3 aromatic rings. The number of hydrogen-bond acceptors (Lipinski definition) is 7. The summed E-state index contributed by atoms with van der Waals surface area (Å²) in [5.74, 6) is 0.732. The fourth-order valence-electron chi connectivity index (χ4n) is 4.67. The molecular formula is C21H24ClIN6O2. The molecule has 0 aliphatic carbocycles. The largest absolute Gasteiger partial charge is 0.390 e. The van der Waals surface area contributed by atoms with Crippen molar-refractivity contribution in [3.05, 3.63) is 34.7 Å². The van der Waals surface area contributed by atoms with Crippen molar-refractivity contribution in [2.24, 2.45) is 11.1 Å². The van der Waals surface area contributed by atoms with Crippen LogP contribution in [0.5, 0.6) is 0 Å². The Bertz CT molecular complexity index is 1130. The van der Waals surface area contributed by atoms with Crippen LogP contribution in [0.3, 0.4) is 0 Å². The van der Waals surface area contributed by atoms with Crippen LogP contribution in [-0.4, -0.2) is 55.1 Å². The zero-order valence-corrected chi connectivity index (χ0v) is 20.0. The van der Waals surface area contributed by atoms with Crippen LogP contribution in [0.4, 0.5) is 5.82 Å². The smallest absolute Gasteiger partial charge is 0.153 e. The van der Waals surface area contributed by atoms with E-state index < -0.39 is 0 Å². The summed E-state index contributed by atoms with van der Waals surface area (Å²) in [7, 11) is 0. The Hall–Kier alpha value is -1.53. The standard InChI is InChI=1S/C21H24ClIN6O2/c1-11-17(13-7-15-12(6-14(13)22)8-25-28-15)27-16(9-30)20(26-11)29-4-2-21(3-5-29)10-31-19(23)18(21)24/h6-8,18-19,30H,2-5,9-10,24H2,1H3,(H,25,28)/t18-,19-/m1/s1. The molecule has 2 aliphatic heterocycles. The van der Waals surface area contributed by atoms with Crippen molar-refractivity contribution in [3.8, 4) is 11.3 Å². The highest BCUT2D eigenvalue weighted by Gasteiger charge is 2.48. The lowest BCUT2D eigenvalue weighted by Crippen LogP contribution is -2.50. The Balaban J connectivity index is 1.46. The lowest BCUT2D eigenvalue weighted by Gasteiger charge is -2.41. The number of nitrogens with one attached hydrogen (secondary N) is 1.